The van der Waals surface area contributed by atoms with E-state index in [0.717, 1.165) is 23.8 Å². The lowest BCUT2D eigenvalue weighted by atomic mass is 10.3. The zero-order valence-electron chi connectivity index (χ0n) is 10.9. The van der Waals surface area contributed by atoms with E-state index in [1.807, 2.05) is 0 Å². The number of carbonyl (C=O) groups is 2. The number of halogens is 3. The van der Waals surface area contributed by atoms with Crippen LogP contribution in [0.4, 0.5) is 19.3 Å². The quantitative estimate of drug-likeness (QED) is 0.790. The molecular formula is C13H13BrF2N2O3. The number of carboxylic acids is 1. The maximum absolute atomic E-state index is 13.6. The van der Waals surface area contributed by atoms with Crippen LogP contribution in [0.25, 0.3) is 0 Å². The fourth-order valence-electron chi connectivity index (χ4n) is 1.81. The predicted octanol–water partition coefficient (Wildman–Crippen LogP) is 3.06. The van der Waals surface area contributed by atoms with Crippen molar-refractivity contribution in [3.63, 3.8) is 0 Å². The Morgan fingerprint density at radius 2 is 2.00 bits per heavy atom. The Morgan fingerprint density at radius 3 is 2.57 bits per heavy atom. The minimum Gasteiger partial charge on any atom is -0.480 e. The monoisotopic (exact) mass is 362 g/mol. The first-order valence-corrected chi connectivity index (χ1v) is 7.08. The SMILES string of the molecule is O=C(O)CN(CC1CC1)C(=O)Nc1cc(Br)c(F)cc1F. The van der Waals surface area contributed by atoms with E-state index in [-0.39, 0.29) is 10.2 Å². The minimum atomic E-state index is -1.15. The fourth-order valence-corrected chi connectivity index (χ4v) is 2.15. The molecule has 5 nitrogen and oxygen atoms in total. The largest absolute Gasteiger partial charge is 0.480 e. The standard InChI is InChI=1S/C13H13BrF2N2O3/c14-8-3-11(10(16)4-9(8)15)17-13(21)18(6-12(19)20)5-7-1-2-7/h3-4,7H,1-2,5-6H2,(H,17,21)(H,19,20). The molecule has 21 heavy (non-hydrogen) atoms. The molecule has 0 unspecified atom stereocenters. The third-order valence-corrected chi connectivity index (χ3v) is 3.65. The molecule has 0 spiro atoms. The second-order valence-electron chi connectivity index (χ2n) is 4.89. The molecule has 0 atom stereocenters. The second-order valence-corrected chi connectivity index (χ2v) is 5.75. The average molecular weight is 363 g/mol. The van der Waals surface area contributed by atoms with Gasteiger partial charge in [-0.2, -0.15) is 0 Å². The Kier molecular flexibility index (Phi) is 4.76. The summed E-state index contributed by atoms with van der Waals surface area (Å²) >= 11 is 2.90. The molecule has 0 aromatic heterocycles. The highest BCUT2D eigenvalue weighted by Crippen LogP contribution is 2.30. The predicted molar refractivity (Wildman–Crippen MR) is 75.0 cm³/mol. The van der Waals surface area contributed by atoms with Crippen molar-refractivity contribution < 1.29 is 23.5 Å². The number of amides is 2. The van der Waals surface area contributed by atoms with Crippen LogP contribution < -0.4 is 5.32 Å². The normalized spacial score (nSPS) is 13.9. The molecule has 0 saturated heterocycles. The van der Waals surface area contributed by atoms with Crippen molar-refractivity contribution in [1.82, 2.24) is 4.90 Å². The summed E-state index contributed by atoms with van der Waals surface area (Å²) in [6.45, 7) is -0.158. The van der Waals surface area contributed by atoms with Crippen molar-refractivity contribution >= 4 is 33.6 Å². The number of anilines is 1. The highest BCUT2D eigenvalue weighted by atomic mass is 79.9. The molecule has 114 valence electrons. The van der Waals surface area contributed by atoms with Gasteiger partial charge in [0.05, 0.1) is 10.2 Å². The first-order chi connectivity index (χ1) is 9.86. The molecule has 2 rings (SSSR count). The van der Waals surface area contributed by atoms with Gasteiger partial charge in [-0.15, -0.1) is 0 Å². The Bertz CT molecular complexity index is 579. The lowest BCUT2D eigenvalue weighted by Crippen LogP contribution is -2.40. The second kappa shape index (κ2) is 6.38. The summed E-state index contributed by atoms with van der Waals surface area (Å²) < 4.78 is 26.7. The summed E-state index contributed by atoms with van der Waals surface area (Å²) in [6.07, 6.45) is 1.89. The molecule has 2 N–H and O–H groups in total. The summed E-state index contributed by atoms with van der Waals surface area (Å²) in [5.74, 6) is -2.57. The molecule has 1 fully saturated rings. The van der Waals surface area contributed by atoms with Crippen LogP contribution in [-0.4, -0.2) is 35.1 Å². The maximum atomic E-state index is 13.6. The molecule has 1 saturated carbocycles. The molecular weight excluding hydrogens is 350 g/mol. The van der Waals surface area contributed by atoms with E-state index in [1.165, 1.54) is 0 Å². The lowest BCUT2D eigenvalue weighted by Gasteiger charge is -2.21. The van der Waals surface area contributed by atoms with E-state index in [4.69, 9.17) is 5.11 Å². The van der Waals surface area contributed by atoms with Gasteiger partial charge in [-0.1, -0.05) is 0 Å². The van der Waals surface area contributed by atoms with Gasteiger partial charge in [-0.05, 0) is 40.8 Å². The van der Waals surface area contributed by atoms with Crippen LogP contribution in [0.15, 0.2) is 16.6 Å². The van der Waals surface area contributed by atoms with E-state index in [9.17, 15) is 18.4 Å². The molecule has 1 aromatic carbocycles. The zero-order valence-corrected chi connectivity index (χ0v) is 12.5. The van der Waals surface area contributed by atoms with Crippen molar-refractivity contribution in [3.05, 3.63) is 28.2 Å². The maximum Gasteiger partial charge on any atom is 0.323 e. The Hall–Kier alpha value is -1.70. The van der Waals surface area contributed by atoms with E-state index in [1.54, 1.807) is 0 Å². The van der Waals surface area contributed by atoms with Gasteiger partial charge >= 0.3 is 12.0 Å². The van der Waals surface area contributed by atoms with Crippen LogP contribution in [0.1, 0.15) is 12.8 Å². The number of hydrogen-bond donors (Lipinski definition) is 2. The van der Waals surface area contributed by atoms with Crippen LogP contribution in [0.3, 0.4) is 0 Å². The number of aliphatic carboxylic acids is 1. The third kappa shape index (κ3) is 4.38. The number of carbonyl (C=O) groups excluding carboxylic acids is 1. The molecule has 1 aromatic rings. The molecule has 0 bridgehead atoms. The topological polar surface area (TPSA) is 69.6 Å². The average Bonchev–Trinajstić information content (AvgIpc) is 3.18. The van der Waals surface area contributed by atoms with E-state index in [0.29, 0.717) is 18.5 Å². The molecule has 2 amide bonds. The lowest BCUT2D eigenvalue weighted by molar-refractivity contribution is -0.137. The Morgan fingerprint density at radius 1 is 1.33 bits per heavy atom. The summed E-state index contributed by atoms with van der Waals surface area (Å²) in [5.41, 5.74) is -0.209. The summed E-state index contributed by atoms with van der Waals surface area (Å²) in [7, 11) is 0. The highest BCUT2D eigenvalue weighted by Gasteiger charge is 2.28. The van der Waals surface area contributed by atoms with Crippen LogP contribution in [0.2, 0.25) is 0 Å². The Balaban J connectivity index is 2.10. The van der Waals surface area contributed by atoms with Crippen molar-refractivity contribution in [1.29, 1.82) is 0 Å². The molecule has 1 aliphatic carbocycles. The summed E-state index contributed by atoms with van der Waals surface area (Å²) in [4.78, 5) is 23.9. The smallest absolute Gasteiger partial charge is 0.323 e. The number of rotatable bonds is 5. The van der Waals surface area contributed by atoms with E-state index < -0.39 is 30.2 Å². The van der Waals surface area contributed by atoms with Crippen molar-refractivity contribution in [2.75, 3.05) is 18.4 Å². The van der Waals surface area contributed by atoms with Gasteiger partial charge in [0.15, 0.2) is 0 Å². The number of nitrogens with zero attached hydrogens (tertiary/aromatic N) is 1. The van der Waals surface area contributed by atoms with E-state index in [2.05, 4.69) is 21.2 Å². The van der Waals surface area contributed by atoms with Crippen molar-refractivity contribution in [3.8, 4) is 0 Å². The third-order valence-electron chi connectivity index (χ3n) is 3.04. The van der Waals surface area contributed by atoms with Gasteiger partial charge in [-0.3, -0.25) is 4.79 Å². The fraction of sp³-hybridized carbons (Fsp3) is 0.385. The van der Waals surface area contributed by atoms with Crippen LogP contribution in [-0.2, 0) is 4.79 Å². The van der Waals surface area contributed by atoms with Crippen LogP contribution in [0, 0.1) is 17.6 Å². The van der Waals surface area contributed by atoms with Gasteiger partial charge in [0, 0.05) is 12.6 Å². The van der Waals surface area contributed by atoms with Gasteiger partial charge < -0.3 is 15.3 Å². The van der Waals surface area contributed by atoms with Gasteiger partial charge in [0.2, 0.25) is 0 Å². The molecule has 8 heteroatoms. The molecule has 1 aliphatic rings. The number of urea groups is 1. The molecule has 0 radical (unpaired) electrons. The summed E-state index contributed by atoms with van der Waals surface area (Å²) in [6, 6.07) is 1.02. The van der Waals surface area contributed by atoms with Gasteiger partial charge in [0.1, 0.15) is 18.2 Å². The van der Waals surface area contributed by atoms with Crippen LogP contribution >= 0.6 is 15.9 Å². The molecule has 0 aliphatic heterocycles. The number of nitrogens with one attached hydrogen (secondary N) is 1. The van der Waals surface area contributed by atoms with Crippen LogP contribution in [0.5, 0.6) is 0 Å². The summed E-state index contributed by atoms with van der Waals surface area (Å²) in [5, 5.41) is 11.1. The minimum absolute atomic E-state index is 0.00572. The number of hydrogen-bond acceptors (Lipinski definition) is 2. The molecule has 0 heterocycles. The first kappa shape index (κ1) is 15.7. The number of benzene rings is 1. The Labute approximate surface area is 128 Å². The van der Waals surface area contributed by atoms with E-state index >= 15 is 0 Å². The van der Waals surface area contributed by atoms with Gasteiger partial charge in [-0.25, -0.2) is 13.6 Å². The first-order valence-electron chi connectivity index (χ1n) is 6.29. The van der Waals surface area contributed by atoms with Crippen molar-refractivity contribution in [2.24, 2.45) is 5.92 Å². The highest BCUT2D eigenvalue weighted by molar-refractivity contribution is 9.10. The zero-order chi connectivity index (χ0) is 15.6. The van der Waals surface area contributed by atoms with Gasteiger partial charge in [0.25, 0.3) is 0 Å². The number of carboxylic acid groups (broad SMARTS) is 1. The van der Waals surface area contributed by atoms with Crippen molar-refractivity contribution in [2.45, 2.75) is 12.8 Å².